The third-order valence-electron chi connectivity index (χ3n) is 8.58. The minimum atomic E-state index is -0.839. The maximum atomic E-state index is 13.2. The first-order valence-electron chi connectivity index (χ1n) is 12.5. The Morgan fingerprint density at radius 1 is 1.29 bits per heavy atom. The highest BCUT2D eigenvalue weighted by atomic mass is 35.5. The Bertz CT molecular complexity index is 1080. The van der Waals surface area contributed by atoms with Gasteiger partial charge in [0.1, 0.15) is 0 Å². The number of aromatic nitrogens is 1. The molecule has 0 unspecified atom stereocenters. The molecule has 3 aliphatic rings. The number of hydrogen-bond donors (Lipinski definition) is 2. The number of aryl methyl sites for hydroxylation is 1. The standard InChI is InChI=1S/C27H37ClN2O4/c1-17-19(20-13-18(28)5-6-21(20)29-17)14-24(31)30-11-9-27(10-12-30)15-23(33-16-27)26(4)8-7-22(34-26)25(2,3)32/h5-6,13,22-23,29,32H,7-12,14-16H2,1-4H3/t22-,23-,26-/m1/s1. The van der Waals surface area contributed by atoms with Crippen LogP contribution in [0.1, 0.15) is 64.1 Å². The second kappa shape index (κ2) is 8.51. The zero-order valence-corrected chi connectivity index (χ0v) is 21.5. The van der Waals surface area contributed by atoms with Crippen molar-refractivity contribution in [2.45, 2.75) is 89.6 Å². The molecule has 3 fully saturated rings. The van der Waals surface area contributed by atoms with Crippen LogP contribution in [-0.4, -0.2) is 64.0 Å². The zero-order chi connectivity index (χ0) is 24.3. The summed E-state index contributed by atoms with van der Waals surface area (Å²) in [6.07, 6.45) is 4.92. The molecule has 0 radical (unpaired) electrons. The number of benzene rings is 1. The highest BCUT2D eigenvalue weighted by molar-refractivity contribution is 6.31. The Balaban J connectivity index is 1.20. The average molecular weight is 489 g/mol. The number of nitrogens with zero attached hydrogens (tertiary/aromatic N) is 1. The van der Waals surface area contributed by atoms with Crippen LogP contribution in [0, 0.1) is 12.3 Å². The summed E-state index contributed by atoms with van der Waals surface area (Å²) in [4.78, 5) is 18.6. The number of ether oxygens (including phenoxy) is 2. The van der Waals surface area contributed by atoms with Gasteiger partial charge in [0.2, 0.25) is 5.91 Å². The maximum Gasteiger partial charge on any atom is 0.227 e. The molecule has 0 saturated carbocycles. The number of fused-ring (bicyclic) bond motifs is 1. The van der Waals surface area contributed by atoms with Crippen molar-refractivity contribution in [2.75, 3.05) is 19.7 Å². The van der Waals surface area contributed by atoms with E-state index in [1.54, 1.807) is 0 Å². The number of hydrogen-bond acceptors (Lipinski definition) is 4. The first-order chi connectivity index (χ1) is 16.0. The third kappa shape index (κ3) is 4.39. The minimum Gasteiger partial charge on any atom is -0.388 e. The lowest BCUT2D eigenvalue weighted by molar-refractivity contribution is -0.155. The summed E-state index contributed by atoms with van der Waals surface area (Å²) in [5, 5.41) is 12.1. The molecule has 1 aromatic heterocycles. The van der Waals surface area contributed by atoms with Gasteiger partial charge in [-0.3, -0.25) is 4.79 Å². The van der Waals surface area contributed by atoms with Crippen LogP contribution < -0.4 is 0 Å². The monoisotopic (exact) mass is 488 g/mol. The second-order valence-corrected chi connectivity index (χ2v) is 12.0. The van der Waals surface area contributed by atoms with E-state index in [2.05, 4.69) is 11.9 Å². The molecule has 1 spiro atoms. The van der Waals surface area contributed by atoms with E-state index in [1.807, 2.05) is 43.9 Å². The number of carbonyl (C=O) groups excluding carboxylic acids is 1. The summed E-state index contributed by atoms with van der Waals surface area (Å²) in [5.41, 5.74) is 2.01. The van der Waals surface area contributed by atoms with Crippen molar-refractivity contribution in [1.82, 2.24) is 9.88 Å². The van der Waals surface area contributed by atoms with Crippen LogP contribution in [0.5, 0.6) is 0 Å². The Hall–Kier alpha value is -1.60. The predicted molar refractivity (Wildman–Crippen MR) is 133 cm³/mol. The molecule has 2 aromatic rings. The van der Waals surface area contributed by atoms with Crippen molar-refractivity contribution in [1.29, 1.82) is 0 Å². The van der Waals surface area contributed by atoms with E-state index in [0.717, 1.165) is 74.0 Å². The third-order valence-corrected chi connectivity index (χ3v) is 8.81. The van der Waals surface area contributed by atoms with Crippen LogP contribution in [0.15, 0.2) is 18.2 Å². The van der Waals surface area contributed by atoms with Gasteiger partial charge in [0.25, 0.3) is 0 Å². The van der Waals surface area contributed by atoms with Gasteiger partial charge in [-0.05, 0) is 89.0 Å². The van der Waals surface area contributed by atoms with E-state index in [1.165, 1.54) is 0 Å². The zero-order valence-electron chi connectivity index (χ0n) is 20.7. The van der Waals surface area contributed by atoms with Crippen molar-refractivity contribution in [3.05, 3.63) is 34.5 Å². The molecule has 4 heterocycles. The lowest BCUT2D eigenvalue weighted by atomic mass is 9.74. The normalized spacial score (nSPS) is 29.4. The van der Waals surface area contributed by atoms with Crippen molar-refractivity contribution < 1.29 is 19.4 Å². The smallest absolute Gasteiger partial charge is 0.227 e. The van der Waals surface area contributed by atoms with E-state index in [9.17, 15) is 9.90 Å². The number of nitrogens with one attached hydrogen (secondary N) is 1. The van der Waals surface area contributed by atoms with Crippen LogP contribution in [0.3, 0.4) is 0 Å². The predicted octanol–water partition coefficient (Wildman–Crippen LogP) is 4.78. The van der Waals surface area contributed by atoms with Gasteiger partial charge in [-0.25, -0.2) is 0 Å². The Kier molecular flexibility index (Phi) is 6.03. The van der Waals surface area contributed by atoms with Crippen molar-refractivity contribution in [3.63, 3.8) is 0 Å². The summed E-state index contributed by atoms with van der Waals surface area (Å²) in [6, 6.07) is 5.78. The average Bonchev–Trinajstić information content (AvgIpc) is 3.46. The van der Waals surface area contributed by atoms with Crippen LogP contribution in [0.25, 0.3) is 10.9 Å². The summed E-state index contributed by atoms with van der Waals surface area (Å²) in [7, 11) is 0. The van der Waals surface area contributed by atoms with Gasteiger partial charge in [0, 0.05) is 34.7 Å². The number of H-pyrrole nitrogens is 1. The number of piperidine rings is 1. The lowest BCUT2D eigenvalue weighted by Crippen LogP contribution is -2.46. The van der Waals surface area contributed by atoms with Gasteiger partial charge < -0.3 is 24.5 Å². The molecular weight excluding hydrogens is 452 g/mol. The molecule has 3 saturated heterocycles. The summed E-state index contributed by atoms with van der Waals surface area (Å²) in [5.74, 6) is 0.174. The molecule has 2 N–H and O–H groups in total. The maximum absolute atomic E-state index is 13.2. The SMILES string of the molecule is Cc1[nH]c2ccc(Cl)cc2c1CC(=O)N1CCC2(CC1)CO[C@@H]([C@@]1(C)CC[C@H](C(C)(C)O)O1)C2. The van der Waals surface area contributed by atoms with Gasteiger partial charge in [0.15, 0.2) is 0 Å². The minimum absolute atomic E-state index is 0.0423. The molecule has 3 aliphatic heterocycles. The van der Waals surface area contributed by atoms with Gasteiger partial charge in [-0.15, -0.1) is 0 Å². The Labute approximate surface area is 206 Å². The number of likely N-dealkylation sites (tertiary alicyclic amines) is 1. The van der Waals surface area contributed by atoms with Crippen molar-refractivity contribution in [3.8, 4) is 0 Å². The number of halogens is 1. The molecule has 0 bridgehead atoms. The molecule has 186 valence electrons. The number of aliphatic hydroxyl groups is 1. The van der Waals surface area contributed by atoms with E-state index < -0.39 is 5.60 Å². The van der Waals surface area contributed by atoms with Crippen LogP contribution in [0.4, 0.5) is 0 Å². The highest BCUT2D eigenvalue weighted by Crippen LogP contribution is 2.49. The fraction of sp³-hybridized carbons (Fsp3) is 0.667. The molecule has 1 amide bonds. The molecular formula is C27H37ClN2O4. The van der Waals surface area contributed by atoms with Crippen LogP contribution in [0.2, 0.25) is 5.02 Å². The highest BCUT2D eigenvalue weighted by Gasteiger charge is 2.53. The lowest BCUT2D eigenvalue weighted by Gasteiger charge is -2.39. The van der Waals surface area contributed by atoms with Crippen molar-refractivity contribution in [2.24, 2.45) is 5.41 Å². The fourth-order valence-corrected chi connectivity index (χ4v) is 6.37. The summed E-state index contributed by atoms with van der Waals surface area (Å²) >= 11 is 6.21. The van der Waals surface area contributed by atoms with Crippen molar-refractivity contribution >= 4 is 28.4 Å². The van der Waals surface area contributed by atoms with E-state index in [-0.39, 0.29) is 29.1 Å². The van der Waals surface area contributed by atoms with E-state index in [0.29, 0.717) is 11.4 Å². The molecule has 5 rings (SSSR count). The van der Waals surface area contributed by atoms with Crippen LogP contribution >= 0.6 is 11.6 Å². The summed E-state index contributed by atoms with van der Waals surface area (Å²) < 4.78 is 12.7. The molecule has 7 heteroatoms. The largest absolute Gasteiger partial charge is 0.388 e. The fourth-order valence-electron chi connectivity index (χ4n) is 6.20. The second-order valence-electron chi connectivity index (χ2n) is 11.6. The Morgan fingerprint density at radius 2 is 2.03 bits per heavy atom. The molecule has 34 heavy (non-hydrogen) atoms. The topological polar surface area (TPSA) is 74.8 Å². The number of carbonyl (C=O) groups is 1. The first kappa shape index (κ1) is 24.1. The molecule has 0 aliphatic carbocycles. The number of amides is 1. The molecule has 1 aromatic carbocycles. The molecule has 6 nitrogen and oxygen atoms in total. The van der Waals surface area contributed by atoms with E-state index in [4.69, 9.17) is 21.1 Å². The van der Waals surface area contributed by atoms with Gasteiger partial charge in [-0.2, -0.15) is 0 Å². The van der Waals surface area contributed by atoms with Gasteiger partial charge in [-0.1, -0.05) is 11.6 Å². The van der Waals surface area contributed by atoms with Gasteiger partial charge in [0.05, 0.1) is 36.4 Å². The number of aromatic amines is 1. The summed E-state index contributed by atoms with van der Waals surface area (Å²) in [6.45, 7) is 10.1. The van der Waals surface area contributed by atoms with Gasteiger partial charge >= 0.3 is 0 Å². The quantitative estimate of drug-likeness (QED) is 0.649. The number of rotatable bonds is 4. The van der Waals surface area contributed by atoms with E-state index >= 15 is 0 Å². The van der Waals surface area contributed by atoms with Crippen LogP contribution in [-0.2, 0) is 20.7 Å². The molecule has 3 atom stereocenters. The Morgan fingerprint density at radius 3 is 2.71 bits per heavy atom. The first-order valence-corrected chi connectivity index (χ1v) is 12.9.